The van der Waals surface area contributed by atoms with Crippen molar-refractivity contribution in [2.75, 3.05) is 0 Å². The van der Waals surface area contributed by atoms with E-state index in [2.05, 4.69) is 51.9 Å². The zero-order valence-corrected chi connectivity index (χ0v) is 13.3. The van der Waals surface area contributed by atoms with Crippen LogP contribution >= 0.6 is 27.5 Å². The minimum atomic E-state index is 0.337. The summed E-state index contributed by atoms with van der Waals surface area (Å²) in [5.74, 6) is 1.59. The van der Waals surface area contributed by atoms with Gasteiger partial charge in [-0.05, 0) is 46.0 Å². The van der Waals surface area contributed by atoms with E-state index in [1.807, 2.05) is 13.0 Å². The van der Waals surface area contributed by atoms with Crippen LogP contribution in [0.2, 0.25) is 5.15 Å². The molecule has 1 heterocycles. The highest BCUT2D eigenvalue weighted by Gasteiger charge is 2.13. The molecule has 0 N–H and O–H groups in total. The molecule has 0 unspecified atom stereocenters. The van der Waals surface area contributed by atoms with Crippen molar-refractivity contribution >= 4 is 27.5 Å². The molecule has 0 amide bonds. The standard InChI is InChI=1S/C14H14BrClN2O/c1-8(2)10-5-4-9(3)6-11(10)19-14-12(15)13(16)17-7-18-14/h4-8H,1-3H3. The summed E-state index contributed by atoms with van der Waals surface area (Å²) in [6, 6.07) is 6.15. The van der Waals surface area contributed by atoms with Crippen LogP contribution < -0.4 is 4.74 Å². The Hall–Kier alpha value is -1.13. The van der Waals surface area contributed by atoms with Crippen LogP contribution in [0.15, 0.2) is 29.0 Å². The van der Waals surface area contributed by atoms with Gasteiger partial charge in [-0.25, -0.2) is 9.97 Å². The number of aryl methyl sites for hydroxylation is 1. The minimum Gasteiger partial charge on any atom is -0.437 e. The molecule has 5 heteroatoms. The van der Waals surface area contributed by atoms with Crippen LogP contribution in [0, 0.1) is 6.92 Å². The van der Waals surface area contributed by atoms with E-state index in [-0.39, 0.29) is 0 Å². The molecule has 0 saturated carbocycles. The van der Waals surface area contributed by atoms with Crippen molar-refractivity contribution in [1.82, 2.24) is 9.97 Å². The summed E-state index contributed by atoms with van der Waals surface area (Å²) in [4.78, 5) is 7.98. The molecule has 100 valence electrons. The molecule has 0 saturated heterocycles. The number of benzene rings is 1. The van der Waals surface area contributed by atoms with Gasteiger partial charge in [0.1, 0.15) is 16.5 Å². The summed E-state index contributed by atoms with van der Waals surface area (Å²) in [6.45, 7) is 6.28. The van der Waals surface area contributed by atoms with E-state index < -0.39 is 0 Å². The molecular weight excluding hydrogens is 328 g/mol. The Morgan fingerprint density at radius 1 is 1.26 bits per heavy atom. The van der Waals surface area contributed by atoms with Crippen LogP contribution in [0.3, 0.4) is 0 Å². The van der Waals surface area contributed by atoms with Crippen LogP contribution in [0.1, 0.15) is 30.9 Å². The molecule has 0 radical (unpaired) electrons. The fraction of sp³-hybridized carbons (Fsp3) is 0.286. The first-order valence-corrected chi connectivity index (χ1v) is 7.10. The average molecular weight is 342 g/mol. The Balaban J connectivity index is 2.42. The lowest BCUT2D eigenvalue weighted by Gasteiger charge is -2.14. The molecule has 1 aromatic heterocycles. The maximum Gasteiger partial charge on any atom is 0.238 e. The number of hydrogen-bond acceptors (Lipinski definition) is 3. The van der Waals surface area contributed by atoms with E-state index in [0.29, 0.717) is 21.4 Å². The lowest BCUT2D eigenvalue weighted by molar-refractivity contribution is 0.449. The Bertz CT molecular complexity index is 602. The van der Waals surface area contributed by atoms with Gasteiger partial charge in [0.05, 0.1) is 0 Å². The van der Waals surface area contributed by atoms with Crippen molar-refractivity contribution in [1.29, 1.82) is 0 Å². The number of hydrogen-bond donors (Lipinski definition) is 0. The predicted molar refractivity (Wildman–Crippen MR) is 80.1 cm³/mol. The molecular formula is C14H14BrClN2O. The molecule has 0 spiro atoms. The fourth-order valence-corrected chi connectivity index (χ4v) is 2.13. The Labute approximate surface area is 126 Å². The van der Waals surface area contributed by atoms with E-state index in [1.54, 1.807) is 0 Å². The van der Waals surface area contributed by atoms with Gasteiger partial charge in [-0.1, -0.05) is 37.6 Å². The Kier molecular flexibility index (Phi) is 4.42. The number of aromatic nitrogens is 2. The molecule has 1 aromatic carbocycles. The lowest BCUT2D eigenvalue weighted by atomic mass is 10.0. The second-order valence-corrected chi connectivity index (χ2v) is 5.73. The van der Waals surface area contributed by atoms with Crippen molar-refractivity contribution in [2.45, 2.75) is 26.7 Å². The SMILES string of the molecule is Cc1ccc(C(C)C)c(Oc2ncnc(Cl)c2Br)c1. The Morgan fingerprint density at radius 2 is 2.00 bits per heavy atom. The van der Waals surface area contributed by atoms with Crippen LogP contribution in [-0.2, 0) is 0 Å². The molecule has 0 fully saturated rings. The molecule has 3 nitrogen and oxygen atoms in total. The second-order valence-electron chi connectivity index (χ2n) is 4.58. The smallest absolute Gasteiger partial charge is 0.238 e. The van der Waals surface area contributed by atoms with Gasteiger partial charge < -0.3 is 4.74 Å². The molecule has 0 aliphatic carbocycles. The van der Waals surface area contributed by atoms with Crippen molar-refractivity contribution in [2.24, 2.45) is 0 Å². The van der Waals surface area contributed by atoms with Gasteiger partial charge in [0, 0.05) is 0 Å². The topological polar surface area (TPSA) is 35.0 Å². The highest BCUT2D eigenvalue weighted by Crippen LogP contribution is 2.35. The quantitative estimate of drug-likeness (QED) is 0.727. The third-order valence-corrected chi connectivity index (χ3v) is 3.94. The fourth-order valence-electron chi connectivity index (χ4n) is 1.72. The monoisotopic (exact) mass is 340 g/mol. The molecule has 2 rings (SSSR count). The van der Waals surface area contributed by atoms with Gasteiger partial charge in [0.2, 0.25) is 5.88 Å². The zero-order chi connectivity index (χ0) is 14.0. The number of rotatable bonds is 3. The van der Waals surface area contributed by atoms with Crippen LogP contribution in [-0.4, -0.2) is 9.97 Å². The van der Waals surface area contributed by atoms with E-state index in [0.717, 1.165) is 16.9 Å². The molecule has 0 atom stereocenters. The number of ether oxygens (including phenoxy) is 1. The van der Waals surface area contributed by atoms with Crippen LogP contribution in [0.25, 0.3) is 0 Å². The molecule has 0 bridgehead atoms. The first kappa shape index (κ1) is 14.3. The summed E-state index contributed by atoms with van der Waals surface area (Å²) < 4.78 is 6.44. The van der Waals surface area contributed by atoms with Gasteiger partial charge in [0.25, 0.3) is 0 Å². The third kappa shape index (κ3) is 3.25. The summed E-state index contributed by atoms with van der Waals surface area (Å²) in [5, 5.41) is 0.337. The van der Waals surface area contributed by atoms with Crippen molar-refractivity contribution in [3.8, 4) is 11.6 Å². The van der Waals surface area contributed by atoms with Crippen molar-refractivity contribution < 1.29 is 4.74 Å². The zero-order valence-electron chi connectivity index (χ0n) is 10.9. The second kappa shape index (κ2) is 5.88. The summed E-state index contributed by atoms with van der Waals surface area (Å²) in [5.41, 5.74) is 2.27. The Morgan fingerprint density at radius 3 is 2.68 bits per heavy atom. The maximum atomic E-state index is 5.94. The van der Waals surface area contributed by atoms with Gasteiger partial charge >= 0.3 is 0 Å². The van der Waals surface area contributed by atoms with E-state index in [1.165, 1.54) is 6.33 Å². The molecule has 2 aromatic rings. The first-order valence-electron chi connectivity index (χ1n) is 5.93. The predicted octanol–water partition coefficient (Wildman–Crippen LogP) is 5.12. The van der Waals surface area contributed by atoms with Crippen LogP contribution in [0.4, 0.5) is 0 Å². The van der Waals surface area contributed by atoms with E-state index >= 15 is 0 Å². The molecule has 19 heavy (non-hydrogen) atoms. The summed E-state index contributed by atoms with van der Waals surface area (Å²) >= 11 is 9.27. The van der Waals surface area contributed by atoms with Crippen molar-refractivity contribution in [3.63, 3.8) is 0 Å². The number of nitrogens with zero attached hydrogens (tertiary/aromatic N) is 2. The van der Waals surface area contributed by atoms with Crippen molar-refractivity contribution in [3.05, 3.63) is 45.3 Å². The van der Waals surface area contributed by atoms with Crippen LogP contribution in [0.5, 0.6) is 11.6 Å². The van der Waals surface area contributed by atoms with E-state index in [9.17, 15) is 0 Å². The normalized spacial score (nSPS) is 10.8. The van der Waals surface area contributed by atoms with Gasteiger partial charge in [-0.2, -0.15) is 0 Å². The third-order valence-electron chi connectivity index (χ3n) is 2.71. The van der Waals surface area contributed by atoms with Gasteiger partial charge in [0.15, 0.2) is 5.15 Å². The lowest BCUT2D eigenvalue weighted by Crippen LogP contribution is -1.97. The largest absolute Gasteiger partial charge is 0.437 e. The average Bonchev–Trinajstić information content (AvgIpc) is 2.35. The highest BCUT2D eigenvalue weighted by molar-refractivity contribution is 9.10. The van der Waals surface area contributed by atoms with Gasteiger partial charge in [-0.3, -0.25) is 0 Å². The molecule has 0 aliphatic rings. The van der Waals surface area contributed by atoms with E-state index in [4.69, 9.17) is 16.3 Å². The molecule has 0 aliphatic heterocycles. The number of halogens is 2. The summed E-state index contributed by atoms with van der Waals surface area (Å²) in [7, 11) is 0. The highest BCUT2D eigenvalue weighted by atomic mass is 79.9. The first-order chi connectivity index (χ1) is 8.99. The maximum absolute atomic E-state index is 5.94. The minimum absolute atomic E-state index is 0.337. The summed E-state index contributed by atoms with van der Waals surface area (Å²) in [6.07, 6.45) is 1.38. The van der Waals surface area contributed by atoms with Gasteiger partial charge in [-0.15, -0.1) is 0 Å².